The molecule has 6 heteroatoms. The fourth-order valence-corrected chi connectivity index (χ4v) is 2.25. The van der Waals surface area contributed by atoms with Crippen LogP contribution >= 0.6 is 0 Å². The van der Waals surface area contributed by atoms with Gasteiger partial charge in [-0.15, -0.1) is 0 Å². The Morgan fingerprint density at radius 1 is 0.957 bits per heavy atom. The van der Waals surface area contributed by atoms with Crippen LogP contribution in [0, 0.1) is 0 Å². The van der Waals surface area contributed by atoms with Gasteiger partial charge in [0.15, 0.2) is 0 Å². The Morgan fingerprint density at radius 2 is 1.70 bits per heavy atom. The summed E-state index contributed by atoms with van der Waals surface area (Å²) in [5.41, 5.74) is 2.18. The summed E-state index contributed by atoms with van der Waals surface area (Å²) in [7, 11) is 1.29. The van der Waals surface area contributed by atoms with Crippen LogP contribution in [-0.4, -0.2) is 29.0 Å². The van der Waals surface area contributed by atoms with Crippen LogP contribution < -0.4 is 5.32 Å². The van der Waals surface area contributed by atoms with E-state index in [1.54, 1.807) is 48.7 Å². The lowest BCUT2D eigenvalue weighted by Crippen LogP contribution is -2.16. The number of carbonyl (C=O) groups excluding carboxylic acids is 2. The second-order valence-corrected chi connectivity index (χ2v) is 4.72. The summed E-state index contributed by atoms with van der Waals surface area (Å²) in [6.07, 6.45) is 3.10. The van der Waals surface area contributed by atoms with Crippen LogP contribution in [0.2, 0.25) is 0 Å². The average molecular weight is 307 g/mol. The number of hydrogen-bond donors (Lipinski definition) is 1. The minimum atomic E-state index is -0.515. The van der Waals surface area contributed by atoms with Crippen molar-refractivity contribution in [2.75, 3.05) is 12.4 Å². The molecule has 1 amide bonds. The molecule has 0 aliphatic heterocycles. The normalized spacial score (nSPS) is 10.3. The Morgan fingerprint density at radius 3 is 2.52 bits per heavy atom. The minimum Gasteiger partial charge on any atom is -0.465 e. The number of hydrogen-bond acceptors (Lipinski definition) is 5. The van der Waals surface area contributed by atoms with Crippen molar-refractivity contribution in [2.24, 2.45) is 0 Å². The predicted molar refractivity (Wildman–Crippen MR) is 85.3 cm³/mol. The van der Waals surface area contributed by atoms with E-state index in [-0.39, 0.29) is 11.5 Å². The van der Waals surface area contributed by atoms with Gasteiger partial charge in [-0.25, -0.2) is 4.79 Å². The second-order valence-electron chi connectivity index (χ2n) is 4.72. The number of para-hydroxylation sites is 2. The Balaban J connectivity index is 1.98. The number of methoxy groups -OCH3 is 1. The van der Waals surface area contributed by atoms with Crippen LogP contribution in [0.4, 0.5) is 5.69 Å². The maximum Gasteiger partial charge on any atom is 0.339 e. The van der Waals surface area contributed by atoms with E-state index in [1.807, 2.05) is 0 Å². The van der Waals surface area contributed by atoms with Crippen molar-refractivity contribution in [3.63, 3.8) is 0 Å². The number of nitrogens with one attached hydrogen (secondary N) is 1. The first-order valence-electron chi connectivity index (χ1n) is 6.89. The molecule has 0 fully saturated rings. The van der Waals surface area contributed by atoms with Crippen molar-refractivity contribution in [2.45, 2.75) is 0 Å². The van der Waals surface area contributed by atoms with Gasteiger partial charge in [0, 0.05) is 12.4 Å². The summed E-state index contributed by atoms with van der Waals surface area (Å²) in [4.78, 5) is 32.7. The highest BCUT2D eigenvalue weighted by molar-refractivity contribution is 6.13. The lowest BCUT2D eigenvalue weighted by molar-refractivity contribution is 0.0602. The second kappa shape index (κ2) is 6.23. The van der Waals surface area contributed by atoms with Crippen molar-refractivity contribution in [1.29, 1.82) is 0 Å². The van der Waals surface area contributed by atoms with E-state index in [0.29, 0.717) is 22.3 Å². The molecule has 1 N–H and O–H groups in total. The summed E-state index contributed by atoms with van der Waals surface area (Å²) < 4.78 is 4.72. The summed E-state index contributed by atoms with van der Waals surface area (Å²) >= 11 is 0. The number of anilines is 1. The van der Waals surface area contributed by atoms with E-state index in [0.717, 1.165) is 0 Å². The highest BCUT2D eigenvalue weighted by atomic mass is 16.5. The maximum absolute atomic E-state index is 12.6. The van der Waals surface area contributed by atoms with Gasteiger partial charge >= 0.3 is 5.97 Å². The number of benzene rings is 2. The molecule has 0 unspecified atom stereocenters. The van der Waals surface area contributed by atoms with E-state index in [2.05, 4.69) is 15.3 Å². The monoisotopic (exact) mass is 307 g/mol. The lowest BCUT2D eigenvalue weighted by Gasteiger charge is -2.10. The first-order chi connectivity index (χ1) is 11.2. The molecule has 1 heterocycles. The van der Waals surface area contributed by atoms with Gasteiger partial charge in [0.1, 0.15) is 5.52 Å². The molecule has 114 valence electrons. The van der Waals surface area contributed by atoms with Crippen molar-refractivity contribution < 1.29 is 14.3 Å². The number of aromatic nitrogens is 2. The smallest absolute Gasteiger partial charge is 0.339 e. The Bertz CT molecular complexity index is 888. The Kier molecular flexibility index (Phi) is 3.97. The summed E-state index contributed by atoms with van der Waals surface area (Å²) in [5, 5.41) is 2.73. The van der Waals surface area contributed by atoms with Crippen LogP contribution in [0.25, 0.3) is 11.0 Å². The molecule has 23 heavy (non-hydrogen) atoms. The van der Waals surface area contributed by atoms with E-state index >= 15 is 0 Å². The molecule has 0 aliphatic rings. The zero-order valence-electron chi connectivity index (χ0n) is 12.3. The minimum absolute atomic E-state index is 0.287. The van der Waals surface area contributed by atoms with Crippen molar-refractivity contribution in [3.8, 4) is 0 Å². The molecular formula is C17H13N3O3. The van der Waals surface area contributed by atoms with Gasteiger partial charge in [-0.05, 0) is 24.3 Å². The quantitative estimate of drug-likeness (QED) is 0.752. The van der Waals surface area contributed by atoms with Crippen LogP contribution in [-0.2, 0) is 4.74 Å². The third-order valence-electron chi connectivity index (χ3n) is 3.32. The molecule has 6 nitrogen and oxygen atoms in total. The lowest BCUT2D eigenvalue weighted by atomic mass is 10.1. The number of ether oxygens (including phenoxy) is 1. The fourth-order valence-electron chi connectivity index (χ4n) is 2.25. The molecule has 0 saturated carbocycles. The SMILES string of the molecule is COC(=O)c1ccccc1NC(=O)c1cccc2nccnc12. The van der Waals surface area contributed by atoms with Crippen LogP contribution in [0.5, 0.6) is 0 Å². The molecule has 2 aromatic carbocycles. The van der Waals surface area contributed by atoms with Gasteiger partial charge in [0.05, 0.1) is 29.4 Å². The molecule has 0 aliphatic carbocycles. The van der Waals surface area contributed by atoms with Gasteiger partial charge in [-0.3, -0.25) is 14.8 Å². The molecule has 0 bridgehead atoms. The standard InChI is InChI=1S/C17H13N3O3/c1-23-17(22)11-5-2-3-7-13(11)20-16(21)12-6-4-8-14-15(12)19-10-9-18-14/h2-10H,1H3,(H,20,21). The molecule has 3 rings (SSSR count). The largest absolute Gasteiger partial charge is 0.465 e. The first-order valence-corrected chi connectivity index (χ1v) is 6.89. The summed E-state index contributed by atoms with van der Waals surface area (Å²) in [6.45, 7) is 0. The van der Waals surface area contributed by atoms with Gasteiger partial charge < -0.3 is 10.1 Å². The number of rotatable bonds is 3. The van der Waals surface area contributed by atoms with Crippen LogP contribution in [0.1, 0.15) is 20.7 Å². The van der Waals surface area contributed by atoms with E-state index < -0.39 is 5.97 Å². The molecular weight excluding hydrogens is 294 g/mol. The van der Waals surface area contributed by atoms with Crippen molar-refractivity contribution in [3.05, 3.63) is 66.0 Å². The number of nitrogens with zero attached hydrogens (tertiary/aromatic N) is 2. The Labute approximate surface area is 132 Å². The number of fused-ring (bicyclic) bond motifs is 1. The van der Waals surface area contributed by atoms with Gasteiger partial charge in [-0.2, -0.15) is 0 Å². The van der Waals surface area contributed by atoms with E-state index in [4.69, 9.17) is 4.74 Å². The topological polar surface area (TPSA) is 81.2 Å². The summed E-state index contributed by atoms with van der Waals surface area (Å²) in [5.74, 6) is -0.883. The third kappa shape index (κ3) is 2.87. The highest BCUT2D eigenvalue weighted by Crippen LogP contribution is 2.19. The predicted octanol–water partition coefficient (Wildman–Crippen LogP) is 2.67. The van der Waals surface area contributed by atoms with Gasteiger partial charge in [-0.1, -0.05) is 18.2 Å². The summed E-state index contributed by atoms with van der Waals surface area (Å²) in [6, 6.07) is 11.8. The average Bonchev–Trinajstić information content (AvgIpc) is 2.61. The van der Waals surface area contributed by atoms with Crippen molar-refractivity contribution in [1.82, 2.24) is 9.97 Å². The third-order valence-corrected chi connectivity index (χ3v) is 3.32. The van der Waals surface area contributed by atoms with E-state index in [9.17, 15) is 9.59 Å². The Hall–Kier alpha value is -3.28. The van der Waals surface area contributed by atoms with E-state index in [1.165, 1.54) is 13.3 Å². The first kappa shape index (κ1) is 14.6. The van der Waals surface area contributed by atoms with Gasteiger partial charge in [0.25, 0.3) is 5.91 Å². The molecule has 0 spiro atoms. The zero-order chi connectivity index (χ0) is 16.2. The molecule has 0 saturated heterocycles. The fraction of sp³-hybridized carbons (Fsp3) is 0.0588. The number of esters is 1. The maximum atomic E-state index is 12.6. The number of carbonyl (C=O) groups is 2. The zero-order valence-corrected chi connectivity index (χ0v) is 12.3. The highest BCUT2D eigenvalue weighted by Gasteiger charge is 2.16. The molecule has 1 aromatic heterocycles. The van der Waals surface area contributed by atoms with Crippen LogP contribution in [0.3, 0.4) is 0 Å². The van der Waals surface area contributed by atoms with Crippen molar-refractivity contribution >= 4 is 28.6 Å². The molecule has 0 radical (unpaired) electrons. The number of amides is 1. The molecule has 3 aromatic rings. The molecule has 0 atom stereocenters. The van der Waals surface area contributed by atoms with Gasteiger partial charge in [0.2, 0.25) is 0 Å². The van der Waals surface area contributed by atoms with Crippen LogP contribution in [0.15, 0.2) is 54.9 Å².